The van der Waals surface area contributed by atoms with E-state index in [0.717, 1.165) is 10.9 Å². The highest BCUT2D eigenvalue weighted by Crippen LogP contribution is 2.32. The maximum Gasteiger partial charge on any atom is 0.407 e. The fourth-order valence-corrected chi connectivity index (χ4v) is 7.59. The van der Waals surface area contributed by atoms with E-state index >= 15 is 0 Å². The number of alkyl carbamates (subject to hydrolysis) is 2. The maximum absolute atomic E-state index is 13.8. The zero-order valence-corrected chi connectivity index (χ0v) is 32.5. The van der Waals surface area contributed by atoms with Gasteiger partial charge in [-0.05, 0) is 85.3 Å². The number of methoxy groups -OCH3 is 2. The average Bonchev–Trinajstić information content (AvgIpc) is 4.06. The summed E-state index contributed by atoms with van der Waals surface area (Å²) in [6, 6.07) is 28.3. The van der Waals surface area contributed by atoms with Crippen molar-refractivity contribution in [2.24, 2.45) is 0 Å². The van der Waals surface area contributed by atoms with E-state index < -0.39 is 48.2 Å². The molecule has 0 radical (unpaired) electrons. The Morgan fingerprint density at radius 1 is 0.610 bits per heavy atom. The number of nitrogens with one attached hydrogen (secondary N) is 4. The van der Waals surface area contributed by atoms with E-state index in [1.54, 1.807) is 78.9 Å². The molecule has 3 heterocycles. The number of rotatable bonds is 11. The van der Waals surface area contributed by atoms with Gasteiger partial charge in [0.25, 0.3) is 11.8 Å². The van der Waals surface area contributed by atoms with Crippen LogP contribution in [0, 0.1) is 0 Å². The molecule has 0 aliphatic carbocycles. The summed E-state index contributed by atoms with van der Waals surface area (Å²) in [4.78, 5) is 81.9. The van der Waals surface area contributed by atoms with Crippen molar-refractivity contribution in [3.05, 3.63) is 120 Å². The Hall–Kier alpha value is -7.16. The molecular formula is C44H44N6O9. The minimum absolute atomic E-state index is 0.342. The summed E-state index contributed by atoms with van der Waals surface area (Å²) in [5.74, 6) is -0.931. The van der Waals surface area contributed by atoms with Crippen LogP contribution in [0.2, 0.25) is 0 Å². The summed E-state index contributed by atoms with van der Waals surface area (Å²) in [6.07, 6.45) is 0.679. The summed E-state index contributed by atoms with van der Waals surface area (Å²) in [5, 5.41) is 11.8. The van der Waals surface area contributed by atoms with Crippen molar-refractivity contribution in [1.29, 1.82) is 0 Å². The van der Waals surface area contributed by atoms with E-state index in [0.29, 0.717) is 72.6 Å². The molecule has 2 aliphatic heterocycles. The van der Waals surface area contributed by atoms with Gasteiger partial charge in [0, 0.05) is 35.4 Å². The van der Waals surface area contributed by atoms with Crippen LogP contribution in [0.25, 0.3) is 22.3 Å². The number of amides is 6. The van der Waals surface area contributed by atoms with Crippen LogP contribution in [0.5, 0.6) is 0 Å². The molecular weight excluding hydrogens is 757 g/mol. The fraction of sp³-hybridized carbons (Fsp3) is 0.273. The Morgan fingerprint density at radius 2 is 1.08 bits per heavy atom. The molecule has 2 fully saturated rings. The molecule has 6 amide bonds. The van der Waals surface area contributed by atoms with Gasteiger partial charge in [0.05, 0.1) is 14.2 Å². The number of fused-ring (bicyclic) bond motifs is 1. The molecule has 2 aliphatic rings. The normalized spacial score (nSPS) is 17.1. The van der Waals surface area contributed by atoms with Gasteiger partial charge in [-0.15, -0.1) is 0 Å². The van der Waals surface area contributed by atoms with Crippen molar-refractivity contribution >= 4 is 58.2 Å². The third-order valence-electron chi connectivity index (χ3n) is 10.6. The number of hydrogen-bond acceptors (Lipinski definition) is 9. The van der Waals surface area contributed by atoms with Crippen molar-refractivity contribution in [2.45, 2.75) is 49.9 Å². The summed E-state index contributed by atoms with van der Waals surface area (Å²) >= 11 is 0. The second-order valence-electron chi connectivity index (χ2n) is 14.3. The van der Waals surface area contributed by atoms with Gasteiger partial charge in [0.1, 0.15) is 35.5 Å². The smallest absolute Gasteiger partial charge is 0.407 e. The second kappa shape index (κ2) is 18.0. The Balaban J connectivity index is 0.991. The molecule has 15 nitrogen and oxygen atoms in total. The molecule has 2 saturated heterocycles. The molecule has 4 N–H and O–H groups in total. The molecule has 0 saturated carbocycles. The number of carbonyl (C=O) groups excluding carboxylic acids is 6. The molecule has 0 unspecified atom stereocenters. The minimum atomic E-state index is -1.02. The second-order valence-corrected chi connectivity index (χ2v) is 14.3. The van der Waals surface area contributed by atoms with E-state index in [1.807, 2.05) is 30.3 Å². The highest BCUT2D eigenvalue weighted by molar-refractivity contribution is 6.01. The summed E-state index contributed by atoms with van der Waals surface area (Å²) in [7, 11) is 2.45. The summed E-state index contributed by atoms with van der Waals surface area (Å²) in [5.41, 5.74) is 3.54. The number of anilines is 2. The lowest BCUT2D eigenvalue weighted by Gasteiger charge is -2.28. The van der Waals surface area contributed by atoms with E-state index in [2.05, 4.69) is 21.3 Å². The van der Waals surface area contributed by atoms with Gasteiger partial charge >= 0.3 is 12.2 Å². The summed E-state index contributed by atoms with van der Waals surface area (Å²) < 4.78 is 15.6. The van der Waals surface area contributed by atoms with Crippen molar-refractivity contribution < 1.29 is 42.7 Å². The Kier molecular flexibility index (Phi) is 12.2. The van der Waals surface area contributed by atoms with Crippen LogP contribution in [0.15, 0.2) is 114 Å². The average molecular weight is 801 g/mol. The van der Waals surface area contributed by atoms with Crippen molar-refractivity contribution in [1.82, 2.24) is 20.4 Å². The van der Waals surface area contributed by atoms with E-state index in [9.17, 15) is 28.8 Å². The Morgan fingerprint density at radius 3 is 1.58 bits per heavy atom. The monoisotopic (exact) mass is 800 g/mol. The van der Waals surface area contributed by atoms with E-state index in [-0.39, 0.29) is 11.8 Å². The molecule has 1 aromatic heterocycles. The first-order valence-corrected chi connectivity index (χ1v) is 19.3. The van der Waals surface area contributed by atoms with Gasteiger partial charge in [-0.3, -0.25) is 19.2 Å². The third kappa shape index (κ3) is 9.04. The van der Waals surface area contributed by atoms with Crippen LogP contribution in [0.4, 0.5) is 21.0 Å². The fourth-order valence-electron chi connectivity index (χ4n) is 7.59. The quantitative estimate of drug-likeness (QED) is 0.121. The van der Waals surface area contributed by atoms with E-state index in [1.165, 1.54) is 24.0 Å². The van der Waals surface area contributed by atoms with Crippen LogP contribution in [-0.2, 0) is 28.7 Å². The summed E-state index contributed by atoms with van der Waals surface area (Å²) in [6.45, 7) is 0.726. The van der Waals surface area contributed by atoms with Crippen LogP contribution in [-0.4, -0.2) is 85.0 Å². The zero-order chi connectivity index (χ0) is 41.5. The van der Waals surface area contributed by atoms with Crippen molar-refractivity contribution in [2.75, 3.05) is 37.9 Å². The molecule has 0 spiro atoms. The Bertz CT molecular complexity index is 2330. The van der Waals surface area contributed by atoms with Gasteiger partial charge < -0.3 is 45.0 Å². The molecule has 5 aromatic rings. The molecule has 7 rings (SSSR count). The predicted octanol–water partition coefficient (Wildman–Crippen LogP) is 6.15. The first-order chi connectivity index (χ1) is 28.6. The minimum Gasteiger partial charge on any atom is -0.456 e. The van der Waals surface area contributed by atoms with Crippen molar-refractivity contribution in [3.8, 4) is 11.3 Å². The molecule has 4 aromatic carbocycles. The van der Waals surface area contributed by atoms with E-state index in [4.69, 9.17) is 13.9 Å². The molecule has 15 heteroatoms. The largest absolute Gasteiger partial charge is 0.456 e. The number of hydrogen-bond donors (Lipinski definition) is 4. The molecule has 304 valence electrons. The first-order valence-electron chi connectivity index (χ1n) is 19.3. The highest BCUT2D eigenvalue weighted by Gasteiger charge is 2.40. The lowest BCUT2D eigenvalue weighted by Crippen LogP contribution is -2.48. The lowest BCUT2D eigenvalue weighted by molar-refractivity contribution is -0.138. The van der Waals surface area contributed by atoms with Crippen LogP contribution in [0.3, 0.4) is 0 Å². The first kappa shape index (κ1) is 40.1. The van der Waals surface area contributed by atoms with Gasteiger partial charge in [0.2, 0.25) is 11.8 Å². The third-order valence-corrected chi connectivity index (χ3v) is 10.6. The molecule has 0 bridgehead atoms. The lowest BCUT2D eigenvalue weighted by atomic mass is 10.0. The topological polar surface area (TPSA) is 189 Å². The number of ether oxygens (including phenoxy) is 2. The predicted molar refractivity (Wildman–Crippen MR) is 218 cm³/mol. The highest BCUT2D eigenvalue weighted by atomic mass is 16.5. The van der Waals surface area contributed by atoms with Crippen LogP contribution < -0.4 is 21.3 Å². The van der Waals surface area contributed by atoms with Crippen LogP contribution >= 0.6 is 0 Å². The zero-order valence-electron chi connectivity index (χ0n) is 32.5. The van der Waals surface area contributed by atoms with Crippen molar-refractivity contribution in [3.63, 3.8) is 0 Å². The molecule has 59 heavy (non-hydrogen) atoms. The SMILES string of the molecule is COC(=O)N[C@@H](C(=O)N1CCC[C@H]1C(=O)Nc1ccc(-c2cc3cc(NC(=O)[C@@H]4CCCN4C(=O)[C@H](NC(=O)OC)c4ccccc4)ccc3o2)cc1)c1ccccc1. The standard InChI is InChI=1S/C44H44N6O9/c1-57-43(55)47-37(28-11-5-3-6-12-28)41(53)49-23-9-15-33(49)39(51)45-31-19-17-27(18-20-31)36-26-30-25-32(21-22-35(30)59-36)46-40(52)34-16-10-24-50(34)42(54)38(48-44(56)58-2)29-13-7-4-8-14-29/h3-8,11-14,17-22,25-26,33-34,37-38H,9-10,15-16,23-24H2,1-2H3,(H,45,51)(H,46,52)(H,47,55)(H,48,56)/t33-,34-,37+,38+/m0/s1. The number of benzene rings is 4. The van der Waals surface area contributed by atoms with Crippen LogP contribution in [0.1, 0.15) is 48.9 Å². The van der Waals surface area contributed by atoms with Gasteiger partial charge in [-0.2, -0.15) is 0 Å². The maximum atomic E-state index is 13.8. The van der Waals surface area contributed by atoms with Gasteiger partial charge in [-0.1, -0.05) is 60.7 Å². The number of carbonyl (C=O) groups is 6. The number of nitrogens with zero attached hydrogens (tertiary/aromatic N) is 2. The molecule has 4 atom stereocenters. The number of likely N-dealkylation sites (tertiary alicyclic amines) is 2. The Labute approximate surface area is 340 Å². The van der Waals surface area contributed by atoms with Gasteiger partial charge in [-0.25, -0.2) is 9.59 Å². The van der Waals surface area contributed by atoms with Gasteiger partial charge in [0.15, 0.2) is 0 Å². The number of furan rings is 1.